The van der Waals surface area contributed by atoms with Crippen molar-refractivity contribution in [2.45, 2.75) is 26.0 Å². The van der Waals surface area contributed by atoms with Crippen LogP contribution in [0.5, 0.6) is 0 Å². The van der Waals surface area contributed by atoms with E-state index in [2.05, 4.69) is 23.5 Å². The molecule has 0 radical (unpaired) electrons. The molecule has 0 saturated heterocycles. The van der Waals surface area contributed by atoms with Crippen LogP contribution in [0.3, 0.4) is 0 Å². The maximum atomic E-state index is 12.0. The van der Waals surface area contributed by atoms with Crippen molar-refractivity contribution in [3.63, 3.8) is 0 Å². The van der Waals surface area contributed by atoms with E-state index in [9.17, 15) is 8.42 Å². The quantitative estimate of drug-likeness (QED) is 0.705. The lowest BCUT2D eigenvalue weighted by atomic mass is 10.2. The molecule has 0 unspecified atom stereocenters. The minimum atomic E-state index is -3.35. The zero-order valence-electron chi connectivity index (χ0n) is 12.7. The van der Waals surface area contributed by atoms with Crippen molar-refractivity contribution in [3.8, 4) is 6.07 Å². The highest BCUT2D eigenvalue weighted by Gasteiger charge is 2.11. The van der Waals surface area contributed by atoms with Crippen LogP contribution in [0.4, 0.5) is 0 Å². The Morgan fingerprint density at radius 2 is 2.00 bits per heavy atom. The van der Waals surface area contributed by atoms with Crippen LogP contribution < -0.4 is 4.72 Å². The Bertz CT molecular complexity index is 575. The fourth-order valence-corrected chi connectivity index (χ4v) is 3.25. The van der Waals surface area contributed by atoms with Crippen LogP contribution in [-0.2, 0) is 15.8 Å². The number of rotatable bonds is 9. The van der Waals surface area contributed by atoms with E-state index in [0.717, 1.165) is 26.1 Å². The Hall–Kier alpha value is -1.42. The molecule has 0 amide bonds. The summed E-state index contributed by atoms with van der Waals surface area (Å²) in [5, 5.41) is 8.81. The van der Waals surface area contributed by atoms with Crippen molar-refractivity contribution in [1.82, 2.24) is 9.62 Å². The molecule has 6 heteroatoms. The molecule has 0 fully saturated rings. The Morgan fingerprint density at radius 1 is 1.29 bits per heavy atom. The Labute approximate surface area is 127 Å². The van der Waals surface area contributed by atoms with Crippen molar-refractivity contribution in [2.24, 2.45) is 0 Å². The van der Waals surface area contributed by atoms with Gasteiger partial charge in [0.15, 0.2) is 0 Å². The maximum absolute atomic E-state index is 12.0. The minimum Gasteiger partial charge on any atom is -0.304 e. The number of hydrogen-bond donors (Lipinski definition) is 1. The second-order valence-corrected chi connectivity index (χ2v) is 6.65. The summed E-state index contributed by atoms with van der Waals surface area (Å²) in [6.45, 7) is 7.47. The lowest BCUT2D eigenvalue weighted by molar-refractivity contribution is 0.300. The molecule has 0 aromatic heterocycles. The normalized spacial score (nSPS) is 11.5. The third-order valence-electron chi connectivity index (χ3n) is 3.28. The molecule has 0 saturated carbocycles. The Balaban J connectivity index is 2.45. The van der Waals surface area contributed by atoms with E-state index in [1.807, 2.05) is 6.07 Å². The molecule has 0 heterocycles. The van der Waals surface area contributed by atoms with Gasteiger partial charge in [-0.25, -0.2) is 13.1 Å². The van der Waals surface area contributed by atoms with Gasteiger partial charge in [0.25, 0.3) is 0 Å². The summed E-state index contributed by atoms with van der Waals surface area (Å²) in [4.78, 5) is 2.25. The number of nitrogens with one attached hydrogen (secondary N) is 1. The molecule has 1 N–H and O–H groups in total. The molecular formula is C15H23N3O2S. The molecule has 1 aromatic rings. The van der Waals surface area contributed by atoms with Gasteiger partial charge in [-0.05, 0) is 43.8 Å². The molecule has 0 spiro atoms. The van der Waals surface area contributed by atoms with Crippen LogP contribution in [0.25, 0.3) is 0 Å². The molecule has 0 bridgehead atoms. The number of benzene rings is 1. The largest absolute Gasteiger partial charge is 0.304 e. The molecule has 1 rings (SSSR count). The van der Waals surface area contributed by atoms with Crippen LogP contribution in [-0.4, -0.2) is 39.5 Å². The summed E-state index contributed by atoms with van der Waals surface area (Å²) >= 11 is 0. The highest BCUT2D eigenvalue weighted by Crippen LogP contribution is 2.07. The average Bonchev–Trinajstić information content (AvgIpc) is 2.47. The van der Waals surface area contributed by atoms with Crippen LogP contribution in [0.15, 0.2) is 24.3 Å². The summed E-state index contributed by atoms with van der Waals surface area (Å²) in [7, 11) is -3.35. The number of nitrogens with zero attached hydrogens (tertiary/aromatic N) is 2. The fourth-order valence-electron chi connectivity index (χ4n) is 2.07. The first-order chi connectivity index (χ1) is 10.0. The standard InChI is InChI=1S/C15H23N3O2S/c1-3-18(4-2)10-6-9-17-21(19,20)13-15-8-5-7-14(11-15)12-16/h5,7-8,11,17H,3-4,6,9-10,13H2,1-2H3. The van der Waals surface area contributed by atoms with Gasteiger partial charge in [-0.1, -0.05) is 26.0 Å². The third-order valence-corrected chi connectivity index (χ3v) is 4.64. The molecule has 0 aliphatic carbocycles. The molecule has 0 aliphatic rings. The summed E-state index contributed by atoms with van der Waals surface area (Å²) < 4.78 is 26.6. The SMILES string of the molecule is CCN(CC)CCCNS(=O)(=O)Cc1cccc(C#N)c1. The zero-order chi connectivity index (χ0) is 15.7. The van der Waals surface area contributed by atoms with E-state index < -0.39 is 10.0 Å². The van der Waals surface area contributed by atoms with Crippen LogP contribution in [0.1, 0.15) is 31.4 Å². The van der Waals surface area contributed by atoms with Crippen molar-refractivity contribution >= 4 is 10.0 Å². The number of hydrogen-bond acceptors (Lipinski definition) is 4. The highest BCUT2D eigenvalue weighted by molar-refractivity contribution is 7.88. The molecular weight excluding hydrogens is 286 g/mol. The van der Waals surface area contributed by atoms with Crippen molar-refractivity contribution in [2.75, 3.05) is 26.2 Å². The van der Waals surface area contributed by atoms with Gasteiger partial charge in [0.1, 0.15) is 0 Å². The first-order valence-electron chi connectivity index (χ1n) is 7.19. The molecule has 116 valence electrons. The lowest BCUT2D eigenvalue weighted by Crippen LogP contribution is -2.30. The summed E-state index contributed by atoms with van der Waals surface area (Å²) in [6.07, 6.45) is 0.791. The summed E-state index contributed by atoms with van der Waals surface area (Å²) in [5.41, 5.74) is 1.11. The van der Waals surface area contributed by atoms with Gasteiger partial charge in [0, 0.05) is 6.54 Å². The smallest absolute Gasteiger partial charge is 0.215 e. The predicted octanol–water partition coefficient (Wildman–Crippen LogP) is 1.71. The number of nitriles is 1. The molecule has 0 aliphatic heterocycles. The second kappa shape index (κ2) is 8.78. The van der Waals surface area contributed by atoms with Gasteiger partial charge in [0.2, 0.25) is 10.0 Å². The number of sulfonamides is 1. The first-order valence-corrected chi connectivity index (χ1v) is 8.84. The lowest BCUT2D eigenvalue weighted by Gasteiger charge is -2.17. The average molecular weight is 309 g/mol. The third kappa shape index (κ3) is 6.71. The van der Waals surface area contributed by atoms with Crippen molar-refractivity contribution < 1.29 is 8.42 Å². The van der Waals surface area contributed by atoms with Crippen LogP contribution in [0, 0.1) is 11.3 Å². The van der Waals surface area contributed by atoms with E-state index in [1.165, 1.54) is 0 Å². The monoisotopic (exact) mass is 309 g/mol. The van der Waals surface area contributed by atoms with E-state index in [-0.39, 0.29) is 5.75 Å². The van der Waals surface area contributed by atoms with Crippen molar-refractivity contribution in [3.05, 3.63) is 35.4 Å². The summed E-state index contributed by atoms with van der Waals surface area (Å²) in [5.74, 6) is -0.0895. The molecule has 5 nitrogen and oxygen atoms in total. The summed E-state index contributed by atoms with van der Waals surface area (Å²) in [6, 6.07) is 8.69. The Kier molecular flexibility index (Phi) is 7.37. The van der Waals surface area contributed by atoms with Gasteiger partial charge in [-0.15, -0.1) is 0 Å². The van der Waals surface area contributed by atoms with Crippen LogP contribution >= 0.6 is 0 Å². The molecule has 21 heavy (non-hydrogen) atoms. The van der Waals surface area contributed by atoms with Crippen LogP contribution in [0.2, 0.25) is 0 Å². The topological polar surface area (TPSA) is 73.2 Å². The zero-order valence-corrected chi connectivity index (χ0v) is 13.5. The van der Waals surface area contributed by atoms with E-state index >= 15 is 0 Å². The fraction of sp³-hybridized carbons (Fsp3) is 0.533. The Morgan fingerprint density at radius 3 is 2.62 bits per heavy atom. The first kappa shape index (κ1) is 17.6. The van der Waals surface area contributed by atoms with Gasteiger partial charge in [-0.3, -0.25) is 0 Å². The minimum absolute atomic E-state index is 0.0895. The maximum Gasteiger partial charge on any atom is 0.215 e. The van der Waals surface area contributed by atoms with E-state index in [1.54, 1.807) is 24.3 Å². The van der Waals surface area contributed by atoms with E-state index in [4.69, 9.17) is 5.26 Å². The van der Waals surface area contributed by atoms with Gasteiger partial charge in [0.05, 0.1) is 17.4 Å². The van der Waals surface area contributed by atoms with Gasteiger partial charge < -0.3 is 4.90 Å². The van der Waals surface area contributed by atoms with E-state index in [0.29, 0.717) is 17.7 Å². The second-order valence-electron chi connectivity index (χ2n) is 4.85. The molecule has 1 aromatic carbocycles. The van der Waals surface area contributed by atoms with Crippen molar-refractivity contribution in [1.29, 1.82) is 5.26 Å². The predicted molar refractivity (Wildman–Crippen MR) is 84.2 cm³/mol. The molecule has 0 atom stereocenters. The highest BCUT2D eigenvalue weighted by atomic mass is 32.2. The van der Waals surface area contributed by atoms with Gasteiger partial charge in [-0.2, -0.15) is 5.26 Å². The van der Waals surface area contributed by atoms with Gasteiger partial charge >= 0.3 is 0 Å².